The standard InChI is InChI=1S/C22H30ClN2.ClH.HI/c1-3-4-16-25(2)17-14-24(15-18-25)22(19-8-6-5-7-9-19)20-10-12-21(23)13-11-20;;/h5-13,22H,3-4,14-18H2,1-2H3;2*1H/q+1;;/p-1. The van der Waals surface area contributed by atoms with E-state index < -0.39 is 0 Å². The number of hydrogen-bond donors (Lipinski definition) is 0. The van der Waals surface area contributed by atoms with E-state index in [1.165, 1.54) is 48.1 Å². The molecule has 0 bridgehead atoms. The van der Waals surface area contributed by atoms with Gasteiger partial charge in [-0.1, -0.05) is 67.4 Å². The van der Waals surface area contributed by atoms with Crippen LogP contribution in [0.5, 0.6) is 0 Å². The van der Waals surface area contributed by atoms with Crippen molar-refractivity contribution < 1.29 is 28.5 Å². The number of nitrogens with zero attached hydrogens (tertiary/aromatic N) is 2. The van der Waals surface area contributed by atoms with Crippen LogP contribution in [0.3, 0.4) is 0 Å². The zero-order valence-corrected chi connectivity index (χ0v) is 20.0. The van der Waals surface area contributed by atoms with Gasteiger partial charge in [0.05, 0.1) is 32.7 Å². The molecule has 2 aromatic rings. The second-order valence-electron chi connectivity index (χ2n) is 7.54. The third kappa shape index (κ3) is 6.60. The Morgan fingerprint density at radius 2 is 1.52 bits per heavy atom. The van der Waals surface area contributed by atoms with E-state index in [9.17, 15) is 0 Å². The fourth-order valence-corrected chi connectivity index (χ4v) is 4.01. The van der Waals surface area contributed by atoms with Crippen molar-refractivity contribution in [3.8, 4) is 0 Å². The van der Waals surface area contributed by atoms with E-state index in [4.69, 9.17) is 11.6 Å². The summed E-state index contributed by atoms with van der Waals surface area (Å²) in [6, 6.07) is 19.6. The van der Waals surface area contributed by atoms with Crippen LogP contribution in [0.15, 0.2) is 54.6 Å². The average molecular weight is 521 g/mol. The van der Waals surface area contributed by atoms with Crippen molar-refractivity contribution in [2.75, 3.05) is 39.8 Å². The van der Waals surface area contributed by atoms with Gasteiger partial charge in [0, 0.05) is 18.1 Å². The molecule has 0 spiro atoms. The Kier molecular flexibility index (Phi) is 10.6. The third-order valence-electron chi connectivity index (χ3n) is 5.57. The van der Waals surface area contributed by atoms with Gasteiger partial charge in [-0.15, -0.1) is 12.4 Å². The Hall–Kier alpha value is -0.330. The van der Waals surface area contributed by atoms with Crippen LogP contribution >= 0.6 is 24.0 Å². The first-order valence-electron chi connectivity index (χ1n) is 9.49. The van der Waals surface area contributed by atoms with Crippen molar-refractivity contribution in [1.29, 1.82) is 0 Å². The Bertz CT molecular complexity index is 656. The predicted molar refractivity (Wildman–Crippen MR) is 114 cm³/mol. The molecule has 1 atom stereocenters. The lowest BCUT2D eigenvalue weighted by Gasteiger charge is -2.44. The first-order chi connectivity index (χ1) is 12.1. The van der Waals surface area contributed by atoms with Crippen LogP contribution in [0.4, 0.5) is 0 Å². The summed E-state index contributed by atoms with van der Waals surface area (Å²) in [5, 5.41) is 0.804. The Morgan fingerprint density at radius 3 is 2.07 bits per heavy atom. The van der Waals surface area contributed by atoms with E-state index in [0.717, 1.165) is 18.1 Å². The monoisotopic (exact) mass is 520 g/mol. The molecule has 27 heavy (non-hydrogen) atoms. The van der Waals surface area contributed by atoms with Crippen molar-refractivity contribution in [2.45, 2.75) is 25.8 Å². The van der Waals surface area contributed by atoms with E-state index >= 15 is 0 Å². The van der Waals surface area contributed by atoms with E-state index in [1.54, 1.807) is 0 Å². The second kappa shape index (κ2) is 11.6. The van der Waals surface area contributed by atoms with Gasteiger partial charge in [-0.25, -0.2) is 0 Å². The molecule has 1 saturated heterocycles. The van der Waals surface area contributed by atoms with Crippen LogP contribution < -0.4 is 24.0 Å². The minimum atomic E-state index is 0. The van der Waals surface area contributed by atoms with Gasteiger partial charge in [-0.3, -0.25) is 4.90 Å². The Labute approximate surface area is 192 Å². The number of likely N-dealkylation sites (N-methyl/N-ethyl adjacent to an activating group) is 1. The molecule has 5 heteroatoms. The molecule has 1 aliphatic rings. The molecular weight excluding hydrogens is 490 g/mol. The quantitative estimate of drug-likeness (QED) is 0.417. The molecule has 0 radical (unpaired) electrons. The lowest BCUT2D eigenvalue weighted by atomic mass is 9.96. The average Bonchev–Trinajstić information content (AvgIpc) is 2.65. The SMILES string of the molecule is CCCC[N+]1(C)CCN(C(c2ccccc2)c2ccc(Cl)cc2)CC1.Cl.[I-]. The third-order valence-corrected chi connectivity index (χ3v) is 5.82. The molecule has 150 valence electrons. The molecule has 1 heterocycles. The van der Waals surface area contributed by atoms with Crippen LogP contribution in [-0.2, 0) is 0 Å². The Balaban J connectivity index is 0.00000182. The molecule has 1 aliphatic heterocycles. The van der Waals surface area contributed by atoms with Crippen molar-refractivity contribution in [3.63, 3.8) is 0 Å². The normalized spacial score (nSPS) is 17.4. The number of benzene rings is 2. The van der Waals surface area contributed by atoms with Crippen LogP contribution in [0.2, 0.25) is 5.02 Å². The predicted octanol–water partition coefficient (Wildman–Crippen LogP) is 2.42. The summed E-state index contributed by atoms with van der Waals surface area (Å²) >= 11 is 6.12. The maximum Gasteiger partial charge on any atom is 0.0914 e. The summed E-state index contributed by atoms with van der Waals surface area (Å²) in [5.41, 5.74) is 2.70. The maximum atomic E-state index is 6.12. The highest BCUT2D eigenvalue weighted by atomic mass is 127. The van der Waals surface area contributed by atoms with Crippen molar-refractivity contribution in [1.82, 2.24) is 4.90 Å². The summed E-state index contributed by atoms with van der Waals surface area (Å²) < 4.78 is 1.21. The van der Waals surface area contributed by atoms with Crippen molar-refractivity contribution in [2.24, 2.45) is 0 Å². The second-order valence-corrected chi connectivity index (χ2v) is 7.98. The Morgan fingerprint density at radius 1 is 0.963 bits per heavy atom. The van der Waals surface area contributed by atoms with Crippen molar-refractivity contribution >= 4 is 24.0 Å². The number of piperazine rings is 1. The number of quaternary nitrogens is 1. The van der Waals surface area contributed by atoms with E-state index in [1.807, 2.05) is 12.1 Å². The molecular formula is C22H31Cl2IN2. The molecule has 1 fully saturated rings. The number of rotatable bonds is 6. The van der Waals surface area contributed by atoms with E-state index in [0.29, 0.717) is 6.04 Å². The van der Waals surface area contributed by atoms with Gasteiger partial charge in [0.25, 0.3) is 0 Å². The number of halogens is 3. The van der Waals surface area contributed by atoms with E-state index in [2.05, 4.69) is 61.3 Å². The van der Waals surface area contributed by atoms with Crippen molar-refractivity contribution in [3.05, 3.63) is 70.7 Å². The summed E-state index contributed by atoms with van der Waals surface area (Å²) in [5.74, 6) is 0. The summed E-state index contributed by atoms with van der Waals surface area (Å²) in [4.78, 5) is 2.64. The van der Waals surface area contributed by atoms with Crippen LogP contribution in [-0.4, -0.2) is 49.2 Å². The molecule has 0 aliphatic carbocycles. The smallest absolute Gasteiger partial charge is 0.0914 e. The topological polar surface area (TPSA) is 3.24 Å². The summed E-state index contributed by atoms with van der Waals surface area (Å²) in [7, 11) is 2.42. The van der Waals surface area contributed by atoms with Crippen LogP contribution in [0.25, 0.3) is 0 Å². The molecule has 0 N–H and O–H groups in total. The highest BCUT2D eigenvalue weighted by molar-refractivity contribution is 6.30. The zero-order valence-electron chi connectivity index (χ0n) is 16.3. The molecule has 0 amide bonds. The molecule has 0 saturated carbocycles. The van der Waals surface area contributed by atoms with Gasteiger partial charge in [0.2, 0.25) is 0 Å². The minimum Gasteiger partial charge on any atom is -1.00 e. The fourth-order valence-electron chi connectivity index (χ4n) is 3.88. The first kappa shape index (κ1) is 24.7. The lowest BCUT2D eigenvalue weighted by Crippen LogP contribution is -3.00. The number of unbranched alkanes of at least 4 members (excludes halogenated alkanes) is 1. The minimum absolute atomic E-state index is 0. The molecule has 1 unspecified atom stereocenters. The zero-order chi connectivity index (χ0) is 17.7. The van der Waals surface area contributed by atoms with Gasteiger partial charge in [0.15, 0.2) is 0 Å². The highest BCUT2D eigenvalue weighted by Crippen LogP contribution is 2.31. The number of hydrogen-bond acceptors (Lipinski definition) is 1. The van der Waals surface area contributed by atoms with Crippen LogP contribution in [0.1, 0.15) is 36.9 Å². The van der Waals surface area contributed by atoms with Crippen LogP contribution in [0, 0.1) is 0 Å². The first-order valence-corrected chi connectivity index (χ1v) is 9.87. The van der Waals surface area contributed by atoms with Gasteiger partial charge in [0.1, 0.15) is 0 Å². The molecule has 3 rings (SSSR count). The van der Waals surface area contributed by atoms with Gasteiger partial charge in [-0.05, 0) is 29.7 Å². The van der Waals surface area contributed by atoms with Gasteiger partial charge < -0.3 is 28.5 Å². The van der Waals surface area contributed by atoms with E-state index in [-0.39, 0.29) is 36.4 Å². The maximum absolute atomic E-state index is 6.12. The van der Waals surface area contributed by atoms with Gasteiger partial charge >= 0.3 is 0 Å². The molecule has 2 aromatic carbocycles. The molecule has 0 aromatic heterocycles. The highest BCUT2D eigenvalue weighted by Gasteiger charge is 2.32. The largest absolute Gasteiger partial charge is 1.00 e. The fraction of sp³-hybridized carbons (Fsp3) is 0.455. The summed E-state index contributed by atoms with van der Waals surface area (Å²) in [6.07, 6.45) is 2.62. The van der Waals surface area contributed by atoms with Gasteiger partial charge in [-0.2, -0.15) is 0 Å². The molecule has 2 nitrogen and oxygen atoms in total. The summed E-state index contributed by atoms with van der Waals surface area (Å²) in [6.45, 7) is 8.34. The lowest BCUT2D eigenvalue weighted by molar-refractivity contribution is -0.914.